The van der Waals surface area contributed by atoms with Gasteiger partial charge in [-0.2, -0.15) is 0 Å². The van der Waals surface area contributed by atoms with E-state index in [4.69, 9.17) is 10.6 Å². The molecule has 1 aliphatic heterocycles. The first-order valence-electron chi connectivity index (χ1n) is 5.63. The number of aromatic nitrogens is 1. The van der Waals surface area contributed by atoms with Crippen molar-refractivity contribution in [2.45, 2.75) is 26.3 Å². The molecule has 1 fully saturated rings. The van der Waals surface area contributed by atoms with Crippen molar-refractivity contribution in [3.63, 3.8) is 0 Å². The topological polar surface area (TPSA) is 60.5 Å². The maximum Gasteiger partial charge on any atom is 0.294 e. The van der Waals surface area contributed by atoms with Crippen molar-refractivity contribution < 1.29 is 9.63 Å². The molecule has 0 aromatic carbocycles. The molecule has 5 heteroatoms. The maximum atomic E-state index is 12.1. The molecule has 5 nitrogen and oxygen atoms in total. The molecule has 0 radical (unpaired) electrons. The molecule has 1 aliphatic rings. The van der Waals surface area contributed by atoms with Crippen LogP contribution in [-0.2, 0) is 11.4 Å². The van der Waals surface area contributed by atoms with Crippen LogP contribution in [0.3, 0.4) is 0 Å². The van der Waals surface area contributed by atoms with Crippen LogP contribution in [0.25, 0.3) is 0 Å². The lowest BCUT2D eigenvalue weighted by Gasteiger charge is -2.15. The van der Waals surface area contributed by atoms with Crippen LogP contribution in [0.1, 0.15) is 30.3 Å². The molecule has 0 bridgehead atoms. The number of nitrogens with two attached hydrogens (primary N) is 1. The Morgan fingerprint density at radius 1 is 1.62 bits per heavy atom. The quantitative estimate of drug-likeness (QED) is 0.839. The highest BCUT2D eigenvalue weighted by Gasteiger charge is 2.23. The Balaban J connectivity index is 2.20. The molecule has 2 N–H and O–H groups in total. The molecule has 16 heavy (non-hydrogen) atoms. The van der Waals surface area contributed by atoms with Gasteiger partial charge in [0.05, 0.1) is 18.8 Å². The SMILES string of the molecule is CCCn1cc(N)cc1C(=O)N1CCCO1. The number of nitrogen functional groups attached to an aromatic ring is 1. The van der Waals surface area contributed by atoms with E-state index in [0.29, 0.717) is 24.5 Å². The number of carbonyl (C=O) groups is 1. The normalized spacial score (nSPS) is 15.7. The average Bonchev–Trinajstić information content (AvgIpc) is 2.87. The zero-order valence-electron chi connectivity index (χ0n) is 9.48. The predicted octanol–water partition coefficient (Wildman–Crippen LogP) is 1.26. The number of rotatable bonds is 3. The fourth-order valence-corrected chi connectivity index (χ4v) is 1.87. The van der Waals surface area contributed by atoms with Gasteiger partial charge in [-0.25, -0.2) is 5.06 Å². The van der Waals surface area contributed by atoms with Gasteiger partial charge in [0.25, 0.3) is 5.91 Å². The minimum atomic E-state index is -0.0948. The summed E-state index contributed by atoms with van der Waals surface area (Å²) in [5, 5.41) is 1.42. The van der Waals surface area contributed by atoms with Crippen molar-refractivity contribution in [3.05, 3.63) is 18.0 Å². The number of hydrogen-bond acceptors (Lipinski definition) is 3. The van der Waals surface area contributed by atoms with Gasteiger partial charge in [-0.15, -0.1) is 0 Å². The number of nitrogens with zero attached hydrogens (tertiary/aromatic N) is 2. The van der Waals surface area contributed by atoms with E-state index in [0.717, 1.165) is 19.4 Å². The Kier molecular flexibility index (Phi) is 3.14. The van der Waals surface area contributed by atoms with Crippen molar-refractivity contribution >= 4 is 11.6 Å². The number of hydrogen-bond donors (Lipinski definition) is 1. The highest BCUT2D eigenvalue weighted by atomic mass is 16.7. The van der Waals surface area contributed by atoms with Crippen molar-refractivity contribution in [2.24, 2.45) is 0 Å². The van der Waals surface area contributed by atoms with Crippen LogP contribution in [0.4, 0.5) is 5.69 Å². The Bertz CT molecular complexity index is 381. The van der Waals surface area contributed by atoms with E-state index in [9.17, 15) is 4.79 Å². The summed E-state index contributed by atoms with van der Waals surface area (Å²) >= 11 is 0. The fraction of sp³-hybridized carbons (Fsp3) is 0.545. The van der Waals surface area contributed by atoms with E-state index >= 15 is 0 Å². The lowest BCUT2D eigenvalue weighted by Crippen LogP contribution is -2.28. The standard InChI is InChI=1S/C11H17N3O2/c1-2-4-13-8-9(12)7-10(13)11(15)14-5-3-6-16-14/h7-8H,2-6,12H2,1H3. The largest absolute Gasteiger partial charge is 0.397 e. The van der Waals surface area contributed by atoms with E-state index in [1.54, 1.807) is 12.3 Å². The summed E-state index contributed by atoms with van der Waals surface area (Å²) in [6.45, 7) is 4.15. The van der Waals surface area contributed by atoms with Gasteiger partial charge >= 0.3 is 0 Å². The van der Waals surface area contributed by atoms with Gasteiger partial charge in [-0.3, -0.25) is 9.63 Å². The molecule has 0 unspecified atom stereocenters. The number of amides is 1. The lowest BCUT2D eigenvalue weighted by molar-refractivity contribution is -0.0774. The third-order valence-electron chi connectivity index (χ3n) is 2.58. The predicted molar refractivity (Wildman–Crippen MR) is 60.7 cm³/mol. The summed E-state index contributed by atoms with van der Waals surface area (Å²) in [5.74, 6) is -0.0948. The second-order valence-corrected chi connectivity index (χ2v) is 3.95. The third kappa shape index (κ3) is 2.04. The van der Waals surface area contributed by atoms with Gasteiger partial charge in [0.2, 0.25) is 0 Å². The highest BCUT2D eigenvalue weighted by Crippen LogP contribution is 2.16. The van der Waals surface area contributed by atoms with E-state index < -0.39 is 0 Å². The summed E-state index contributed by atoms with van der Waals surface area (Å²) in [4.78, 5) is 17.3. The molecule has 0 spiro atoms. The van der Waals surface area contributed by atoms with Crippen molar-refractivity contribution in [3.8, 4) is 0 Å². The number of anilines is 1. The molecule has 1 saturated heterocycles. The van der Waals surface area contributed by atoms with E-state index in [2.05, 4.69) is 6.92 Å². The Hall–Kier alpha value is -1.49. The maximum absolute atomic E-state index is 12.1. The molecule has 0 atom stereocenters. The molecule has 88 valence electrons. The molecule has 2 rings (SSSR count). The smallest absolute Gasteiger partial charge is 0.294 e. The van der Waals surface area contributed by atoms with Crippen LogP contribution < -0.4 is 5.73 Å². The number of aryl methyl sites for hydroxylation is 1. The van der Waals surface area contributed by atoms with Crippen molar-refractivity contribution in [1.82, 2.24) is 9.63 Å². The van der Waals surface area contributed by atoms with E-state index in [-0.39, 0.29) is 5.91 Å². The lowest BCUT2D eigenvalue weighted by atomic mass is 10.3. The molecule has 1 aromatic heterocycles. The highest BCUT2D eigenvalue weighted by molar-refractivity contribution is 5.93. The van der Waals surface area contributed by atoms with Crippen LogP contribution in [0.2, 0.25) is 0 Å². The molecule has 1 amide bonds. The van der Waals surface area contributed by atoms with Crippen LogP contribution in [0.15, 0.2) is 12.3 Å². The molecule has 0 saturated carbocycles. The second-order valence-electron chi connectivity index (χ2n) is 3.95. The van der Waals surface area contributed by atoms with Crippen LogP contribution in [0, 0.1) is 0 Å². The van der Waals surface area contributed by atoms with Gasteiger partial charge in [0, 0.05) is 12.7 Å². The minimum absolute atomic E-state index is 0.0948. The number of carbonyl (C=O) groups excluding carboxylic acids is 1. The van der Waals surface area contributed by atoms with Crippen molar-refractivity contribution in [2.75, 3.05) is 18.9 Å². The van der Waals surface area contributed by atoms with Gasteiger partial charge in [-0.1, -0.05) is 6.92 Å². The average molecular weight is 223 g/mol. The summed E-state index contributed by atoms with van der Waals surface area (Å²) in [5.41, 5.74) is 6.95. The van der Waals surface area contributed by atoms with Crippen LogP contribution in [0.5, 0.6) is 0 Å². The fourth-order valence-electron chi connectivity index (χ4n) is 1.87. The Morgan fingerprint density at radius 2 is 2.44 bits per heavy atom. The van der Waals surface area contributed by atoms with Crippen LogP contribution in [-0.4, -0.2) is 28.7 Å². The van der Waals surface area contributed by atoms with Gasteiger partial charge in [0.15, 0.2) is 0 Å². The van der Waals surface area contributed by atoms with E-state index in [1.807, 2.05) is 4.57 Å². The molecular formula is C11H17N3O2. The first-order chi connectivity index (χ1) is 7.72. The second kappa shape index (κ2) is 4.57. The molecular weight excluding hydrogens is 206 g/mol. The number of hydroxylamine groups is 2. The van der Waals surface area contributed by atoms with E-state index in [1.165, 1.54) is 5.06 Å². The first-order valence-corrected chi connectivity index (χ1v) is 5.63. The first kappa shape index (κ1) is 11.0. The minimum Gasteiger partial charge on any atom is -0.397 e. The summed E-state index contributed by atoms with van der Waals surface area (Å²) in [7, 11) is 0. The van der Waals surface area contributed by atoms with Crippen molar-refractivity contribution in [1.29, 1.82) is 0 Å². The monoisotopic (exact) mass is 223 g/mol. The Morgan fingerprint density at radius 3 is 3.06 bits per heavy atom. The molecule has 2 heterocycles. The van der Waals surface area contributed by atoms with Crippen LogP contribution >= 0.6 is 0 Å². The van der Waals surface area contributed by atoms with Gasteiger partial charge in [-0.05, 0) is 18.9 Å². The summed E-state index contributed by atoms with van der Waals surface area (Å²) < 4.78 is 1.89. The Labute approximate surface area is 94.7 Å². The molecule has 0 aliphatic carbocycles. The van der Waals surface area contributed by atoms with Gasteiger partial charge < -0.3 is 10.3 Å². The third-order valence-corrected chi connectivity index (χ3v) is 2.58. The van der Waals surface area contributed by atoms with Gasteiger partial charge in [0.1, 0.15) is 5.69 Å². The summed E-state index contributed by atoms with van der Waals surface area (Å²) in [6.07, 6.45) is 3.66. The zero-order chi connectivity index (χ0) is 11.5. The summed E-state index contributed by atoms with van der Waals surface area (Å²) in [6, 6.07) is 1.71. The molecule has 1 aromatic rings. The zero-order valence-corrected chi connectivity index (χ0v) is 9.48.